The molecule has 0 aromatic heterocycles. The molecule has 0 saturated carbocycles. The van der Waals surface area contributed by atoms with Crippen LogP contribution in [0, 0.1) is 5.92 Å². The van der Waals surface area contributed by atoms with Crippen molar-refractivity contribution >= 4 is 11.9 Å². The molecule has 1 rings (SSSR count). The first-order valence-corrected chi connectivity index (χ1v) is 7.26. The molecule has 0 aliphatic rings. The van der Waals surface area contributed by atoms with Gasteiger partial charge in [0.05, 0.1) is 12.5 Å². The van der Waals surface area contributed by atoms with Crippen molar-refractivity contribution in [2.24, 2.45) is 5.92 Å². The van der Waals surface area contributed by atoms with Gasteiger partial charge >= 0.3 is 5.97 Å². The molecule has 0 saturated heterocycles. The highest BCUT2D eigenvalue weighted by Crippen LogP contribution is 2.15. The van der Waals surface area contributed by atoms with Crippen LogP contribution < -0.4 is 5.32 Å². The summed E-state index contributed by atoms with van der Waals surface area (Å²) in [5.41, 5.74) is 0.514. The van der Waals surface area contributed by atoms with E-state index in [2.05, 4.69) is 5.32 Å². The summed E-state index contributed by atoms with van der Waals surface area (Å²) in [7, 11) is 0. The third-order valence-electron chi connectivity index (χ3n) is 3.00. The number of esters is 1. The molecule has 0 spiro atoms. The molecule has 1 aromatic rings. The Morgan fingerprint density at radius 3 is 2.24 bits per heavy atom. The van der Waals surface area contributed by atoms with Gasteiger partial charge in [0.1, 0.15) is 5.60 Å². The summed E-state index contributed by atoms with van der Waals surface area (Å²) in [5, 5.41) is 2.92. The summed E-state index contributed by atoms with van der Waals surface area (Å²) in [5.74, 6) is -0.902. The number of amides is 1. The zero-order valence-corrected chi connectivity index (χ0v) is 13.5. The van der Waals surface area contributed by atoms with E-state index in [9.17, 15) is 9.59 Å². The summed E-state index contributed by atoms with van der Waals surface area (Å²) in [6, 6.07) is 9.64. The van der Waals surface area contributed by atoms with Gasteiger partial charge < -0.3 is 10.1 Å². The van der Waals surface area contributed by atoms with Crippen molar-refractivity contribution in [1.29, 1.82) is 0 Å². The van der Waals surface area contributed by atoms with Crippen molar-refractivity contribution in [2.75, 3.05) is 0 Å². The van der Waals surface area contributed by atoms with Crippen molar-refractivity contribution < 1.29 is 14.3 Å². The van der Waals surface area contributed by atoms with E-state index < -0.39 is 11.5 Å². The number of hydrogen-bond donors (Lipinski definition) is 1. The van der Waals surface area contributed by atoms with Crippen LogP contribution in [0.3, 0.4) is 0 Å². The summed E-state index contributed by atoms with van der Waals surface area (Å²) < 4.78 is 5.23. The Morgan fingerprint density at radius 1 is 1.14 bits per heavy atom. The fourth-order valence-corrected chi connectivity index (χ4v) is 1.91. The van der Waals surface area contributed by atoms with E-state index in [-0.39, 0.29) is 24.3 Å². The number of carbonyl (C=O) groups is 2. The van der Waals surface area contributed by atoms with Gasteiger partial charge in [0.15, 0.2) is 0 Å². The van der Waals surface area contributed by atoms with Gasteiger partial charge in [0.25, 0.3) is 0 Å². The molecular weight excluding hydrogens is 266 g/mol. The molecule has 1 N–H and O–H groups in total. The van der Waals surface area contributed by atoms with Gasteiger partial charge in [-0.15, -0.1) is 0 Å². The lowest BCUT2D eigenvalue weighted by molar-refractivity contribution is -0.157. The molecule has 4 heteroatoms. The highest BCUT2D eigenvalue weighted by Gasteiger charge is 2.23. The lowest BCUT2D eigenvalue weighted by Crippen LogP contribution is -2.34. The second kappa shape index (κ2) is 7.25. The van der Waals surface area contributed by atoms with Crippen LogP contribution in [0.5, 0.6) is 0 Å². The van der Waals surface area contributed by atoms with Gasteiger partial charge in [-0.25, -0.2) is 0 Å². The number of benzene rings is 1. The standard InChI is InChI=1S/C17H25NO3/c1-12(11-15(19)21-17(3,4)5)16(20)18-13(2)14-9-7-6-8-10-14/h6-10,12-13H,11H2,1-5H3,(H,18,20)/t12-,13-/m0/s1. The van der Waals surface area contributed by atoms with Crippen molar-refractivity contribution in [3.8, 4) is 0 Å². The monoisotopic (exact) mass is 291 g/mol. The second-order valence-corrected chi connectivity index (χ2v) is 6.33. The molecule has 0 unspecified atom stereocenters. The predicted octanol–water partition coefficient (Wildman–Crippen LogP) is 3.23. The van der Waals surface area contributed by atoms with Crippen molar-refractivity contribution in [1.82, 2.24) is 5.32 Å². The zero-order chi connectivity index (χ0) is 16.0. The van der Waals surface area contributed by atoms with Crippen molar-refractivity contribution in [3.05, 3.63) is 35.9 Å². The molecule has 1 aromatic carbocycles. The molecule has 0 aliphatic carbocycles. The van der Waals surface area contributed by atoms with Crippen LogP contribution in [0.1, 0.15) is 52.6 Å². The SMILES string of the molecule is C[C@H](NC(=O)[C@@H](C)CC(=O)OC(C)(C)C)c1ccccc1. The average Bonchev–Trinajstić information content (AvgIpc) is 2.37. The molecule has 21 heavy (non-hydrogen) atoms. The highest BCUT2D eigenvalue weighted by molar-refractivity contribution is 5.83. The Kier molecular flexibility index (Phi) is 5.94. The largest absolute Gasteiger partial charge is 0.460 e. The smallest absolute Gasteiger partial charge is 0.307 e. The van der Waals surface area contributed by atoms with Crippen LogP contribution in [0.25, 0.3) is 0 Å². The van der Waals surface area contributed by atoms with Crippen LogP contribution >= 0.6 is 0 Å². The Morgan fingerprint density at radius 2 is 1.71 bits per heavy atom. The Labute approximate surface area is 126 Å². The maximum absolute atomic E-state index is 12.1. The topological polar surface area (TPSA) is 55.4 Å². The van der Waals surface area contributed by atoms with E-state index in [0.29, 0.717) is 0 Å². The lowest BCUT2D eigenvalue weighted by atomic mass is 10.0. The van der Waals surface area contributed by atoms with Gasteiger partial charge in [-0.1, -0.05) is 37.3 Å². The van der Waals surface area contributed by atoms with Crippen molar-refractivity contribution in [3.63, 3.8) is 0 Å². The molecule has 1 amide bonds. The molecule has 0 radical (unpaired) electrons. The Hall–Kier alpha value is -1.84. The molecule has 116 valence electrons. The molecule has 2 atom stereocenters. The maximum Gasteiger partial charge on any atom is 0.307 e. The quantitative estimate of drug-likeness (QED) is 0.847. The van der Waals surface area contributed by atoms with Crippen LogP contribution in [0.2, 0.25) is 0 Å². The lowest BCUT2D eigenvalue weighted by Gasteiger charge is -2.21. The summed E-state index contributed by atoms with van der Waals surface area (Å²) >= 11 is 0. The van der Waals surface area contributed by atoms with Gasteiger partial charge in [0.2, 0.25) is 5.91 Å². The minimum atomic E-state index is -0.523. The molecule has 0 aliphatic heterocycles. The molecule has 0 bridgehead atoms. The van der Waals surface area contributed by atoms with E-state index in [4.69, 9.17) is 4.74 Å². The predicted molar refractivity (Wildman–Crippen MR) is 82.6 cm³/mol. The molecule has 0 heterocycles. The van der Waals surface area contributed by atoms with E-state index in [1.54, 1.807) is 6.92 Å². The van der Waals surface area contributed by atoms with Crippen LogP contribution in [-0.4, -0.2) is 17.5 Å². The average molecular weight is 291 g/mol. The number of rotatable bonds is 5. The summed E-state index contributed by atoms with van der Waals surface area (Å²) in [6.45, 7) is 9.09. The fourth-order valence-electron chi connectivity index (χ4n) is 1.91. The second-order valence-electron chi connectivity index (χ2n) is 6.33. The minimum absolute atomic E-state index is 0.0835. The third kappa shape index (κ3) is 6.43. The highest BCUT2D eigenvalue weighted by atomic mass is 16.6. The number of ether oxygens (including phenoxy) is 1. The Bertz CT molecular complexity index is 477. The number of nitrogens with one attached hydrogen (secondary N) is 1. The molecule has 0 fully saturated rings. The number of hydrogen-bond acceptors (Lipinski definition) is 3. The zero-order valence-electron chi connectivity index (χ0n) is 13.5. The molecular formula is C17H25NO3. The van der Waals surface area contributed by atoms with E-state index >= 15 is 0 Å². The minimum Gasteiger partial charge on any atom is -0.460 e. The van der Waals surface area contributed by atoms with Crippen LogP contribution in [-0.2, 0) is 14.3 Å². The Balaban J connectivity index is 2.50. The first-order chi connectivity index (χ1) is 9.69. The molecule has 4 nitrogen and oxygen atoms in total. The van der Waals surface area contributed by atoms with Gasteiger partial charge in [-0.2, -0.15) is 0 Å². The van der Waals surface area contributed by atoms with Crippen molar-refractivity contribution in [2.45, 2.75) is 52.7 Å². The normalized spacial score (nSPS) is 14.1. The number of carbonyl (C=O) groups excluding carboxylic acids is 2. The van der Waals surface area contributed by atoms with Crippen LogP contribution in [0.15, 0.2) is 30.3 Å². The third-order valence-corrected chi connectivity index (χ3v) is 3.00. The fraction of sp³-hybridized carbons (Fsp3) is 0.529. The first kappa shape index (κ1) is 17.2. The van der Waals surface area contributed by atoms with Gasteiger partial charge in [0, 0.05) is 5.92 Å². The van der Waals surface area contributed by atoms with Crippen LogP contribution in [0.4, 0.5) is 0 Å². The maximum atomic E-state index is 12.1. The summed E-state index contributed by atoms with van der Waals surface area (Å²) in [6.07, 6.45) is 0.0879. The van der Waals surface area contributed by atoms with Gasteiger partial charge in [-0.05, 0) is 33.3 Å². The van der Waals surface area contributed by atoms with Gasteiger partial charge in [-0.3, -0.25) is 9.59 Å². The van der Waals surface area contributed by atoms with E-state index in [0.717, 1.165) is 5.56 Å². The summed E-state index contributed by atoms with van der Waals surface area (Å²) in [4.78, 5) is 23.8. The first-order valence-electron chi connectivity index (χ1n) is 7.26. The van der Waals surface area contributed by atoms with E-state index in [1.165, 1.54) is 0 Å². The van der Waals surface area contributed by atoms with E-state index in [1.807, 2.05) is 58.0 Å².